The molecule has 1 fully saturated rings. The zero-order chi connectivity index (χ0) is 22.9. The summed E-state index contributed by atoms with van der Waals surface area (Å²) in [5.41, 5.74) is -0.742. The van der Waals surface area contributed by atoms with E-state index in [1.807, 2.05) is 4.90 Å². The Hall–Kier alpha value is -3.96. The van der Waals surface area contributed by atoms with E-state index < -0.39 is 22.6 Å². The molecule has 0 aliphatic carbocycles. The normalized spacial score (nSPS) is 14.5. The molecule has 1 saturated heterocycles. The van der Waals surface area contributed by atoms with Crippen LogP contribution in [0.1, 0.15) is 16.1 Å². The third-order valence-corrected chi connectivity index (χ3v) is 5.15. The Morgan fingerprint density at radius 1 is 0.969 bits per heavy atom. The molecule has 2 heterocycles. The van der Waals surface area contributed by atoms with Crippen LogP contribution in [0, 0.1) is 10.1 Å². The molecule has 1 aromatic heterocycles. The minimum absolute atomic E-state index is 0.0152. The van der Waals surface area contributed by atoms with Gasteiger partial charge < -0.3 is 9.80 Å². The van der Waals surface area contributed by atoms with Crippen molar-refractivity contribution in [3.8, 4) is 5.69 Å². The molecule has 9 nitrogen and oxygen atoms in total. The van der Waals surface area contributed by atoms with Gasteiger partial charge in [-0.2, -0.15) is 13.2 Å². The fourth-order valence-electron chi connectivity index (χ4n) is 3.59. The van der Waals surface area contributed by atoms with E-state index in [0.29, 0.717) is 18.8 Å². The number of amides is 1. The molecule has 4 rings (SSSR count). The first-order chi connectivity index (χ1) is 15.3. The van der Waals surface area contributed by atoms with Crippen LogP contribution in [0.5, 0.6) is 0 Å². The maximum atomic E-state index is 13.3. The van der Waals surface area contributed by atoms with E-state index in [1.54, 1.807) is 18.2 Å². The smallest absolute Gasteiger partial charge is 0.362 e. The third kappa shape index (κ3) is 4.11. The lowest BCUT2D eigenvalue weighted by Gasteiger charge is -2.35. The molecule has 0 atom stereocenters. The van der Waals surface area contributed by atoms with E-state index in [-0.39, 0.29) is 30.2 Å². The van der Waals surface area contributed by atoms with Crippen LogP contribution >= 0.6 is 0 Å². The number of hydrogen-bond acceptors (Lipinski definition) is 6. The molecule has 0 unspecified atom stereocenters. The van der Waals surface area contributed by atoms with Gasteiger partial charge in [0.15, 0.2) is 5.69 Å². The summed E-state index contributed by atoms with van der Waals surface area (Å²) >= 11 is 0. The highest BCUT2D eigenvalue weighted by Crippen LogP contribution is 2.33. The van der Waals surface area contributed by atoms with E-state index in [4.69, 9.17) is 0 Å². The van der Waals surface area contributed by atoms with E-state index in [0.717, 1.165) is 10.7 Å². The molecule has 166 valence electrons. The molecule has 0 bridgehead atoms. The van der Waals surface area contributed by atoms with Crippen LogP contribution in [0.2, 0.25) is 0 Å². The quantitative estimate of drug-likeness (QED) is 0.451. The molecule has 0 N–H and O–H groups in total. The number of carbonyl (C=O) groups excluding carboxylic acids is 1. The Labute approximate surface area is 179 Å². The number of carbonyl (C=O) groups is 1. The van der Waals surface area contributed by atoms with E-state index in [9.17, 15) is 28.1 Å². The van der Waals surface area contributed by atoms with Crippen LogP contribution in [0.15, 0.2) is 54.7 Å². The number of anilines is 1. The molecular formula is C20H17F3N6O3. The zero-order valence-electron chi connectivity index (χ0n) is 16.6. The lowest BCUT2D eigenvalue weighted by Crippen LogP contribution is -2.49. The van der Waals surface area contributed by atoms with Crippen LogP contribution in [0.3, 0.4) is 0 Å². The number of para-hydroxylation sites is 3. The molecule has 1 aliphatic rings. The van der Waals surface area contributed by atoms with E-state index in [2.05, 4.69) is 10.3 Å². The molecule has 12 heteroatoms. The van der Waals surface area contributed by atoms with Crippen molar-refractivity contribution in [2.75, 3.05) is 31.1 Å². The van der Waals surface area contributed by atoms with E-state index in [1.165, 1.54) is 35.4 Å². The first-order valence-electron chi connectivity index (χ1n) is 9.62. The minimum atomic E-state index is -4.58. The fraction of sp³-hybridized carbons (Fsp3) is 0.250. The van der Waals surface area contributed by atoms with Crippen LogP contribution in [-0.4, -0.2) is 56.9 Å². The molecule has 0 spiro atoms. The van der Waals surface area contributed by atoms with Crippen molar-refractivity contribution in [3.05, 3.63) is 76.1 Å². The van der Waals surface area contributed by atoms with Gasteiger partial charge in [-0.05, 0) is 18.2 Å². The molecule has 1 amide bonds. The Morgan fingerprint density at radius 2 is 1.59 bits per heavy atom. The maximum absolute atomic E-state index is 13.3. The van der Waals surface area contributed by atoms with Gasteiger partial charge >= 0.3 is 6.18 Å². The Morgan fingerprint density at radius 3 is 2.25 bits per heavy atom. The first-order valence-corrected chi connectivity index (χ1v) is 9.62. The van der Waals surface area contributed by atoms with Gasteiger partial charge in [-0.3, -0.25) is 14.9 Å². The number of halogens is 3. The fourth-order valence-corrected chi connectivity index (χ4v) is 3.59. The lowest BCUT2D eigenvalue weighted by atomic mass is 10.1. The summed E-state index contributed by atoms with van der Waals surface area (Å²) in [6, 6.07) is 11.3. The van der Waals surface area contributed by atoms with Crippen molar-refractivity contribution in [2.24, 2.45) is 0 Å². The Bertz CT molecular complexity index is 1160. The second-order valence-corrected chi connectivity index (χ2v) is 7.09. The summed E-state index contributed by atoms with van der Waals surface area (Å²) in [7, 11) is 0. The summed E-state index contributed by atoms with van der Waals surface area (Å²) in [5, 5.41) is 18.7. The first kappa shape index (κ1) is 21.3. The highest BCUT2D eigenvalue weighted by Gasteiger charge is 2.34. The number of piperazine rings is 1. The summed E-state index contributed by atoms with van der Waals surface area (Å²) in [6.07, 6.45) is -3.41. The van der Waals surface area contributed by atoms with E-state index >= 15 is 0 Å². The number of nitrogens with zero attached hydrogens (tertiary/aromatic N) is 6. The van der Waals surface area contributed by atoms with Gasteiger partial charge in [-0.25, -0.2) is 4.68 Å². The van der Waals surface area contributed by atoms with Gasteiger partial charge in [-0.1, -0.05) is 29.5 Å². The van der Waals surface area contributed by atoms with Crippen LogP contribution < -0.4 is 4.90 Å². The third-order valence-electron chi connectivity index (χ3n) is 5.15. The van der Waals surface area contributed by atoms with Gasteiger partial charge in [0.05, 0.1) is 22.4 Å². The van der Waals surface area contributed by atoms with Gasteiger partial charge in [0, 0.05) is 32.2 Å². The summed E-state index contributed by atoms with van der Waals surface area (Å²) in [6.45, 7) is 1.27. The van der Waals surface area contributed by atoms with Crippen molar-refractivity contribution in [2.45, 2.75) is 6.18 Å². The average Bonchev–Trinajstić information content (AvgIpc) is 3.28. The monoisotopic (exact) mass is 446 g/mol. The topological polar surface area (TPSA) is 97.4 Å². The predicted octanol–water partition coefficient (Wildman–Crippen LogP) is 3.16. The predicted molar refractivity (Wildman–Crippen MR) is 108 cm³/mol. The molecule has 0 saturated carbocycles. The number of alkyl halides is 3. The molecule has 2 aromatic carbocycles. The summed E-state index contributed by atoms with van der Waals surface area (Å²) in [4.78, 5) is 26.9. The highest BCUT2D eigenvalue weighted by molar-refractivity contribution is 5.92. The molecule has 3 aromatic rings. The number of nitro benzene ring substituents is 1. The van der Waals surface area contributed by atoms with Crippen molar-refractivity contribution in [1.82, 2.24) is 19.9 Å². The zero-order valence-corrected chi connectivity index (χ0v) is 16.6. The van der Waals surface area contributed by atoms with Crippen molar-refractivity contribution < 1.29 is 22.9 Å². The number of nitro groups is 1. The number of hydrogen-bond donors (Lipinski definition) is 0. The average molecular weight is 446 g/mol. The van der Waals surface area contributed by atoms with Crippen LogP contribution in [0.4, 0.5) is 24.5 Å². The molecule has 0 radical (unpaired) electrons. The number of benzene rings is 2. The second kappa shape index (κ2) is 8.29. The maximum Gasteiger partial charge on any atom is 0.418 e. The van der Waals surface area contributed by atoms with Gasteiger partial charge in [0.1, 0.15) is 5.69 Å². The van der Waals surface area contributed by atoms with Crippen molar-refractivity contribution >= 4 is 17.3 Å². The number of aromatic nitrogens is 3. The van der Waals surface area contributed by atoms with Gasteiger partial charge in [-0.15, -0.1) is 5.10 Å². The van der Waals surface area contributed by atoms with Gasteiger partial charge in [0.2, 0.25) is 0 Å². The van der Waals surface area contributed by atoms with Crippen LogP contribution in [-0.2, 0) is 6.18 Å². The Balaban J connectivity index is 1.48. The molecular weight excluding hydrogens is 429 g/mol. The summed E-state index contributed by atoms with van der Waals surface area (Å²) in [5.74, 6) is -0.469. The van der Waals surface area contributed by atoms with Crippen molar-refractivity contribution in [3.63, 3.8) is 0 Å². The SMILES string of the molecule is O=C(c1cn(-c2ccccc2C(F)(F)F)nn1)N1CCN(c2ccccc2[N+](=O)[O-])CC1. The standard InChI is InChI=1S/C20H17F3N6O3/c21-20(22,23)14-5-1-2-6-16(14)28-13-15(24-25-28)19(30)27-11-9-26(10-12-27)17-7-3-4-8-18(17)29(31)32/h1-8,13H,9-12H2. The van der Waals surface area contributed by atoms with Gasteiger partial charge in [0.25, 0.3) is 11.6 Å². The molecule has 32 heavy (non-hydrogen) atoms. The lowest BCUT2D eigenvalue weighted by molar-refractivity contribution is -0.384. The number of rotatable bonds is 4. The second-order valence-electron chi connectivity index (χ2n) is 7.09. The minimum Gasteiger partial charge on any atom is -0.362 e. The van der Waals surface area contributed by atoms with Crippen molar-refractivity contribution in [1.29, 1.82) is 0 Å². The van der Waals surface area contributed by atoms with Crippen LogP contribution in [0.25, 0.3) is 5.69 Å². The Kier molecular flexibility index (Phi) is 5.51. The largest absolute Gasteiger partial charge is 0.418 e. The highest BCUT2D eigenvalue weighted by atomic mass is 19.4. The summed E-state index contributed by atoms with van der Waals surface area (Å²) < 4.78 is 40.7. The molecule has 1 aliphatic heterocycles.